The van der Waals surface area contributed by atoms with Crippen molar-refractivity contribution in [3.8, 4) is 11.5 Å². The number of likely N-dealkylation sites (N-methyl/N-ethyl adjacent to an activating group) is 1. The number of urea groups is 1. The lowest BCUT2D eigenvalue weighted by Gasteiger charge is -2.14. The molecule has 0 radical (unpaired) electrons. The first-order valence-electron chi connectivity index (χ1n) is 7.40. The van der Waals surface area contributed by atoms with Gasteiger partial charge in [0.15, 0.2) is 18.0 Å². The molecule has 1 aliphatic heterocycles. The Morgan fingerprint density at radius 1 is 1.27 bits per heavy atom. The number of amides is 3. The third-order valence-corrected chi connectivity index (χ3v) is 3.57. The van der Waals surface area contributed by atoms with E-state index in [-0.39, 0.29) is 25.3 Å². The van der Waals surface area contributed by atoms with E-state index in [1.165, 1.54) is 0 Å². The maximum absolute atomic E-state index is 11.8. The van der Waals surface area contributed by atoms with Crippen LogP contribution in [0.4, 0.5) is 4.79 Å². The summed E-state index contributed by atoms with van der Waals surface area (Å²) in [7, 11) is 1.91. The minimum absolute atomic E-state index is 0.229. The number of imide groups is 1. The Morgan fingerprint density at radius 2 is 2.05 bits per heavy atom. The molecule has 118 valence electrons. The van der Waals surface area contributed by atoms with Crippen molar-refractivity contribution in [1.29, 1.82) is 0 Å². The number of rotatable bonds is 5. The Balaban J connectivity index is 1.46. The number of benzene rings is 1. The molecule has 7 nitrogen and oxygen atoms in total. The Bertz CT molecular complexity index is 586. The van der Waals surface area contributed by atoms with E-state index >= 15 is 0 Å². The van der Waals surface area contributed by atoms with Gasteiger partial charge in [0, 0.05) is 11.6 Å². The predicted octanol–water partition coefficient (Wildman–Crippen LogP) is -0.582. The summed E-state index contributed by atoms with van der Waals surface area (Å²) in [5.74, 6) is 1.20. The second-order valence-electron chi connectivity index (χ2n) is 5.79. The van der Waals surface area contributed by atoms with E-state index in [2.05, 4.69) is 10.6 Å². The van der Waals surface area contributed by atoms with Gasteiger partial charge in [-0.05, 0) is 31.0 Å². The van der Waals surface area contributed by atoms with Gasteiger partial charge in [0.05, 0.1) is 7.05 Å². The van der Waals surface area contributed by atoms with E-state index < -0.39 is 6.03 Å². The number of fused-ring (bicyclic) bond motifs is 1. The van der Waals surface area contributed by atoms with Crippen LogP contribution in [0.5, 0.6) is 11.5 Å². The van der Waals surface area contributed by atoms with Crippen LogP contribution in [0.2, 0.25) is 0 Å². The van der Waals surface area contributed by atoms with Gasteiger partial charge in [0.25, 0.3) is 5.91 Å². The van der Waals surface area contributed by atoms with Crippen LogP contribution in [0, 0.1) is 0 Å². The summed E-state index contributed by atoms with van der Waals surface area (Å²) < 4.78 is 10.6. The van der Waals surface area contributed by atoms with E-state index in [1.807, 2.05) is 25.2 Å². The lowest BCUT2D eigenvalue weighted by Crippen LogP contribution is -3.09. The molecule has 0 saturated heterocycles. The molecule has 3 N–H and O–H groups in total. The van der Waals surface area contributed by atoms with E-state index in [0.717, 1.165) is 34.8 Å². The van der Waals surface area contributed by atoms with Crippen LogP contribution in [0.25, 0.3) is 0 Å². The lowest BCUT2D eigenvalue weighted by molar-refractivity contribution is -0.885. The van der Waals surface area contributed by atoms with Gasteiger partial charge >= 0.3 is 6.03 Å². The summed E-state index contributed by atoms with van der Waals surface area (Å²) in [6, 6.07) is 5.58. The minimum atomic E-state index is -0.400. The van der Waals surface area contributed by atoms with Gasteiger partial charge in [-0.1, -0.05) is 0 Å². The maximum Gasteiger partial charge on any atom is 0.321 e. The van der Waals surface area contributed by atoms with E-state index in [9.17, 15) is 9.59 Å². The molecule has 1 atom stereocenters. The van der Waals surface area contributed by atoms with Crippen molar-refractivity contribution in [3.05, 3.63) is 23.8 Å². The zero-order valence-electron chi connectivity index (χ0n) is 12.5. The van der Waals surface area contributed by atoms with Crippen molar-refractivity contribution < 1.29 is 24.0 Å². The smallest absolute Gasteiger partial charge is 0.321 e. The van der Waals surface area contributed by atoms with Crippen LogP contribution in [0.15, 0.2) is 18.2 Å². The van der Waals surface area contributed by atoms with Gasteiger partial charge in [0.1, 0.15) is 6.54 Å². The largest absolute Gasteiger partial charge is 0.454 e. The lowest BCUT2D eigenvalue weighted by atomic mass is 10.2. The monoisotopic (exact) mass is 306 g/mol. The predicted molar refractivity (Wildman–Crippen MR) is 77.7 cm³/mol. The number of carbonyl (C=O) groups excluding carboxylic acids is 2. The molecule has 0 bridgehead atoms. The first kappa shape index (κ1) is 14.6. The molecular weight excluding hydrogens is 286 g/mol. The SMILES string of the molecule is C[NH+](CC(=O)NC(=O)NC1CC1)Cc1ccc2c(c1)OCO2. The average Bonchev–Trinajstić information content (AvgIpc) is 3.13. The molecule has 0 aromatic heterocycles. The quantitative estimate of drug-likeness (QED) is 0.680. The van der Waals surface area contributed by atoms with E-state index in [1.54, 1.807) is 0 Å². The summed E-state index contributed by atoms with van der Waals surface area (Å²) in [5, 5.41) is 5.08. The molecule has 2 aliphatic rings. The van der Waals surface area contributed by atoms with Gasteiger partial charge in [-0.2, -0.15) is 0 Å². The summed E-state index contributed by atoms with van der Waals surface area (Å²) in [4.78, 5) is 24.3. The topological polar surface area (TPSA) is 81.1 Å². The normalized spacial score (nSPS) is 17.0. The molecule has 1 aromatic rings. The van der Waals surface area contributed by atoms with Crippen molar-refractivity contribution in [1.82, 2.24) is 10.6 Å². The number of hydrogen-bond donors (Lipinski definition) is 3. The molecule has 1 saturated carbocycles. The fourth-order valence-corrected chi connectivity index (χ4v) is 2.36. The van der Waals surface area contributed by atoms with Crippen molar-refractivity contribution in [2.24, 2.45) is 0 Å². The Morgan fingerprint density at radius 3 is 2.82 bits per heavy atom. The highest BCUT2D eigenvalue weighted by Crippen LogP contribution is 2.32. The molecule has 1 fully saturated rings. The van der Waals surface area contributed by atoms with E-state index in [0.29, 0.717) is 6.54 Å². The third kappa shape index (κ3) is 3.88. The van der Waals surface area contributed by atoms with E-state index in [4.69, 9.17) is 9.47 Å². The average molecular weight is 306 g/mol. The van der Waals surface area contributed by atoms with Crippen LogP contribution in [-0.4, -0.2) is 38.4 Å². The van der Waals surface area contributed by atoms with Crippen molar-refractivity contribution >= 4 is 11.9 Å². The van der Waals surface area contributed by atoms with Crippen LogP contribution in [0.1, 0.15) is 18.4 Å². The summed E-state index contributed by atoms with van der Waals surface area (Å²) in [6.07, 6.45) is 1.99. The molecule has 7 heteroatoms. The first-order chi connectivity index (χ1) is 10.6. The van der Waals surface area contributed by atoms with Gasteiger partial charge < -0.3 is 19.7 Å². The fourth-order valence-electron chi connectivity index (χ4n) is 2.36. The van der Waals surface area contributed by atoms with Crippen molar-refractivity contribution in [2.45, 2.75) is 25.4 Å². The molecule has 1 aromatic carbocycles. The number of carbonyl (C=O) groups is 2. The van der Waals surface area contributed by atoms with Gasteiger partial charge in [-0.3, -0.25) is 10.1 Å². The molecule has 0 spiro atoms. The fraction of sp³-hybridized carbons (Fsp3) is 0.467. The Kier molecular flexibility index (Phi) is 4.15. The van der Waals surface area contributed by atoms with Crippen molar-refractivity contribution in [3.63, 3.8) is 0 Å². The molecule has 22 heavy (non-hydrogen) atoms. The molecule has 1 unspecified atom stereocenters. The summed E-state index contributed by atoms with van der Waals surface area (Å²) in [5.41, 5.74) is 1.05. The van der Waals surface area contributed by atoms with Gasteiger partial charge in [0.2, 0.25) is 6.79 Å². The van der Waals surface area contributed by atoms with Crippen LogP contribution >= 0.6 is 0 Å². The highest BCUT2D eigenvalue weighted by atomic mass is 16.7. The van der Waals surface area contributed by atoms with Crippen LogP contribution < -0.4 is 25.0 Å². The zero-order valence-corrected chi connectivity index (χ0v) is 12.5. The highest BCUT2D eigenvalue weighted by molar-refractivity contribution is 5.94. The minimum Gasteiger partial charge on any atom is -0.454 e. The maximum atomic E-state index is 11.8. The van der Waals surface area contributed by atoms with Gasteiger partial charge in [-0.15, -0.1) is 0 Å². The number of ether oxygens (including phenoxy) is 2. The Labute approximate surface area is 128 Å². The first-order valence-corrected chi connectivity index (χ1v) is 7.40. The number of hydrogen-bond acceptors (Lipinski definition) is 4. The molecule has 1 heterocycles. The van der Waals surface area contributed by atoms with Crippen molar-refractivity contribution in [2.75, 3.05) is 20.4 Å². The zero-order chi connectivity index (χ0) is 15.5. The van der Waals surface area contributed by atoms with Crippen LogP contribution in [-0.2, 0) is 11.3 Å². The standard InChI is InChI=1S/C15H19N3O4/c1-18(8-14(19)17-15(20)16-11-3-4-11)7-10-2-5-12-13(6-10)22-9-21-12/h2,5-6,11H,3-4,7-9H2,1H3,(H2,16,17,19,20)/p+1. The molecular formula is C15H20N3O4+. The number of quaternary nitrogens is 1. The number of nitrogens with one attached hydrogen (secondary N) is 3. The summed E-state index contributed by atoms with van der Waals surface area (Å²) in [6.45, 7) is 1.14. The van der Waals surface area contributed by atoms with Gasteiger partial charge in [-0.25, -0.2) is 4.79 Å². The molecule has 1 aliphatic carbocycles. The second-order valence-corrected chi connectivity index (χ2v) is 5.79. The molecule has 3 rings (SSSR count). The molecule has 3 amide bonds. The van der Waals surface area contributed by atoms with Crippen LogP contribution in [0.3, 0.4) is 0 Å². The highest BCUT2D eigenvalue weighted by Gasteiger charge is 2.24. The summed E-state index contributed by atoms with van der Waals surface area (Å²) >= 11 is 0. The Hall–Kier alpha value is -2.28. The third-order valence-electron chi connectivity index (χ3n) is 3.57. The second kappa shape index (κ2) is 6.23.